The third kappa shape index (κ3) is 5.96. The van der Waals surface area contributed by atoms with Gasteiger partial charge < -0.3 is 15.4 Å². The van der Waals surface area contributed by atoms with Gasteiger partial charge in [-0.3, -0.25) is 9.89 Å². The van der Waals surface area contributed by atoms with E-state index in [2.05, 4.69) is 53.4 Å². The van der Waals surface area contributed by atoms with Crippen molar-refractivity contribution in [3.63, 3.8) is 0 Å². The number of aliphatic imine (C=N–C) groups is 1. The van der Waals surface area contributed by atoms with Gasteiger partial charge in [0.1, 0.15) is 0 Å². The zero-order valence-corrected chi connectivity index (χ0v) is 15.9. The smallest absolute Gasteiger partial charge is 0.191 e. The maximum Gasteiger partial charge on any atom is 0.191 e. The predicted octanol–water partition coefficient (Wildman–Crippen LogP) is 2.68. The molecule has 1 aromatic carbocycles. The monoisotopic (exact) mass is 352 g/mol. The van der Waals surface area contributed by atoms with Crippen LogP contribution in [0.5, 0.6) is 0 Å². The van der Waals surface area contributed by atoms with Crippen LogP contribution < -0.4 is 10.6 Å². The molecule has 24 heavy (non-hydrogen) atoms. The Bertz CT molecular complexity index is 533. The summed E-state index contributed by atoms with van der Waals surface area (Å²) in [6.07, 6.45) is 0. The number of benzene rings is 1. The Labute approximate surface area is 150 Å². The van der Waals surface area contributed by atoms with Crippen molar-refractivity contribution in [2.24, 2.45) is 4.99 Å². The van der Waals surface area contributed by atoms with Gasteiger partial charge in [-0.1, -0.05) is 23.7 Å². The highest BCUT2D eigenvalue weighted by Crippen LogP contribution is 2.23. The van der Waals surface area contributed by atoms with Gasteiger partial charge >= 0.3 is 0 Å². The number of ether oxygens (including phenoxy) is 1. The lowest BCUT2D eigenvalue weighted by atomic mass is 10.0. The van der Waals surface area contributed by atoms with Crippen LogP contribution in [0.15, 0.2) is 29.3 Å². The van der Waals surface area contributed by atoms with Crippen molar-refractivity contribution < 1.29 is 4.74 Å². The minimum Gasteiger partial charge on any atom is -0.379 e. The largest absolute Gasteiger partial charge is 0.379 e. The molecule has 0 saturated carbocycles. The van der Waals surface area contributed by atoms with Crippen LogP contribution in [0.25, 0.3) is 0 Å². The van der Waals surface area contributed by atoms with Crippen LogP contribution in [-0.2, 0) is 4.74 Å². The fourth-order valence-electron chi connectivity index (χ4n) is 2.76. The van der Waals surface area contributed by atoms with Crippen molar-refractivity contribution >= 4 is 17.6 Å². The van der Waals surface area contributed by atoms with E-state index in [1.54, 1.807) is 7.05 Å². The minimum absolute atomic E-state index is 0.0312. The molecule has 6 heteroatoms. The molecule has 1 unspecified atom stereocenters. The average molecular weight is 353 g/mol. The maximum absolute atomic E-state index is 6.05. The second-order valence-electron chi connectivity index (χ2n) is 7.04. The normalized spacial score (nSPS) is 18.3. The summed E-state index contributed by atoms with van der Waals surface area (Å²) in [6, 6.07) is 8.36. The lowest BCUT2D eigenvalue weighted by Crippen LogP contribution is -2.50. The standard InChI is InChI=1S/C18H29ClN4O/c1-18(2,3)22-17(20-4)21-13-16(23-9-11-24-12-10-23)14-5-7-15(19)8-6-14/h5-8,16H,9-13H2,1-4H3,(H2,20,21,22). The molecule has 1 aliphatic heterocycles. The first kappa shape index (κ1) is 19.0. The molecule has 0 bridgehead atoms. The average Bonchev–Trinajstić information content (AvgIpc) is 2.55. The number of morpholine rings is 1. The molecule has 5 nitrogen and oxygen atoms in total. The van der Waals surface area contributed by atoms with Gasteiger partial charge in [0, 0.05) is 37.2 Å². The van der Waals surface area contributed by atoms with Gasteiger partial charge in [0.2, 0.25) is 0 Å². The van der Waals surface area contributed by atoms with Crippen molar-refractivity contribution in [3.05, 3.63) is 34.9 Å². The van der Waals surface area contributed by atoms with Crippen LogP contribution in [0.1, 0.15) is 32.4 Å². The van der Waals surface area contributed by atoms with E-state index < -0.39 is 0 Å². The lowest BCUT2D eigenvalue weighted by Gasteiger charge is -2.35. The molecule has 134 valence electrons. The van der Waals surface area contributed by atoms with E-state index in [4.69, 9.17) is 16.3 Å². The second kappa shape index (κ2) is 8.70. The Morgan fingerprint density at radius 2 is 1.88 bits per heavy atom. The minimum atomic E-state index is -0.0312. The van der Waals surface area contributed by atoms with Crippen molar-refractivity contribution in [2.45, 2.75) is 32.4 Å². The van der Waals surface area contributed by atoms with E-state index in [1.807, 2.05) is 12.1 Å². The van der Waals surface area contributed by atoms with E-state index >= 15 is 0 Å². The molecule has 1 aromatic rings. The van der Waals surface area contributed by atoms with Gasteiger partial charge in [0.15, 0.2) is 5.96 Å². The summed E-state index contributed by atoms with van der Waals surface area (Å²) in [4.78, 5) is 6.78. The summed E-state index contributed by atoms with van der Waals surface area (Å²) >= 11 is 6.05. The number of rotatable bonds is 4. The molecule has 2 rings (SSSR count). The Kier molecular flexibility index (Phi) is 6.90. The van der Waals surface area contributed by atoms with Gasteiger partial charge in [-0.05, 0) is 38.5 Å². The topological polar surface area (TPSA) is 48.9 Å². The molecule has 1 aliphatic rings. The van der Waals surface area contributed by atoms with Crippen LogP contribution in [0, 0.1) is 0 Å². The highest BCUT2D eigenvalue weighted by molar-refractivity contribution is 6.30. The first-order valence-electron chi connectivity index (χ1n) is 8.45. The third-order valence-electron chi connectivity index (χ3n) is 3.92. The molecular formula is C18H29ClN4O. The van der Waals surface area contributed by atoms with Gasteiger partial charge in [-0.25, -0.2) is 0 Å². The fourth-order valence-corrected chi connectivity index (χ4v) is 2.89. The predicted molar refractivity (Wildman–Crippen MR) is 101 cm³/mol. The third-order valence-corrected chi connectivity index (χ3v) is 4.17. The number of hydrogen-bond acceptors (Lipinski definition) is 3. The molecule has 0 aliphatic carbocycles. The molecule has 0 aromatic heterocycles. The summed E-state index contributed by atoms with van der Waals surface area (Å²) in [5.74, 6) is 0.815. The van der Waals surface area contributed by atoms with Crippen LogP contribution >= 0.6 is 11.6 Å². The van der Waals surface area contributed by atoms with E-state index in [-0.39, 0.29) is 11.6 Å². The molecule has 0 radical (unpaired) electrons. The summed E-state index contributed by atoms with van der Waals surface area (Å²) in [5.41, 5.74) is 1.22. The number of hydrogen-bond donors (Lipinski definition) is 2. The highest BCUT2D eigenvalue weighted by atomic mass is 35.5. The first-order chi connectivity index (χ1) is 11.4. The molecule has 2 N–H and O–H groups in total. The SMILES string of the molecule is CN=C(NCC(c1ccc(Cl)cc1)N1CCOCC1)NC(C)(C)C. The molecular weight excluding hydrogens is 324 g/mol. The quantitative estimate of drug-likeness (QED) is 0.646. The van der Waals surface area contributed by atoms with Crippen molar-refractivity contribution in [2.75, 3.05) is 39.9 Å². The van der Waals surface area contributed by atoms with E-state index in [0.717, 1.165) is 43.8 Å². The van der Waals surface area contributed by atoms with Crippen LogP contribution in [0.4, 0.5) is 0 Å². The molecule has 1 heterocycles. The molecule has 1 atom stereocenters. The maximum atomic E-state index is 6.05. The molecule has 0 spiro atoms. The van der Waals surface area contributed by atoms with Gasteiger partial charge in [0.25, 0.3) is 0 Å². The Morgan fingerprint density at radius 1 is 1.25 bits per heavy atom. The lowest BCUT2D eigenvalue weighted by molar-refractivity contribution is 0.0170. The molecule has 1 saturated heterocycles. The van der Waals surface area contributed by atoms with Crippen LogP contribution in [0.3, 0.4) is 0 Å². The molecule has 1 fully saturated rings. The summed E-state index contributed by atoms with van der Waals surface area (Å²) in [6.45, 7) is 10.6. The summed E-state index contributed by atoms with van der Waals surface area (Å²) < 4.78 is 5.50. The Balaban J connectivity index is 2.09. The second-order valence-corrected chi connectivity index (χ2v) is 7.48. The zero-order valence-electron chi connectivity index (χ0n) is 15.1. The highest BCUT2D eigenvalue weighted by Gasteiger charge is 2.23. The number of nitrogens with one attached hydrogen (secondary N) is 2. The summed E-state index contributed by atoms with van der Waals surface area (Å²) in [5, 5.41) is 7.62. The van der Waals surface area contributed by atoms with Crippen molar-refractivity contribution in [3.8, 4) is 0 Å². The zero-order chi connectivity index (χ0) is 17.6. The Morgan fingerprint density at radius 3 is 2.42 bits per heavy atom. The van der Waals surface area contributed by atoms with Crippen LogP contribution in [0.2, 0.25) is 5.02 Å². The van der Waals surface area contributed by atoms with Crippen molar-refractivity contribution in [1.29, 1.82) is 0 Å². The van der Waals surface area contributed by atoms with Crippen LogP contribution in [-0.4, -0.2) is 56.3 Å². The van der Waals surface area contributed by atoms with E-state index in [9.17, 15) is 0 Å². The van der Waals surface area contributed by atoms with Gasteiger partial charge in [0.05, 0.1) is 19.3 Å². The van der Waals surface area contributed by atoms with E-state index in [1.165, 1.54) is 5.56 Å². The number of halogens is 1. The number of guanidine groups is 1. The molecule has 0 amide bonds. The van der Waals surface area contributed by atoms with Gasteiger partial charge in [-0.2, -0.15) is 0 Å². The first-order valence-corrected chi connectivity index (χ1v) is 8.83. The summed E-state index contributed by atoms with van der Waals surface area (Å²) in [7, 11) is 1.80. The van der Waals surface area contributed by atoms with Crippen molar-refractivity contribution in [1.82, 2.24) is 15.5 Å². The fraction of sp³-hybridized carbons (Fsp3) is 0.611. The van der Waals surface area contributed by atoms with E-state index in [0.29, 0.717) is 0 Å². The Hall–Kier alpha value is -1.30. The number of nitrogens with zero attached hydrogens (tertiary/aromatic N) is 2. The van der Waals surface area contributed by atoms with Gasteiger partial charge in [-0.15, -0.1) is 0 Å².